The van der Waals surface area contributed by atoms with Crippen molar-refractivity contribution >= 4 is 51.2 Å². The largest absolute Gasteiger partial charge is 0.453 e. The fourth-order valence-corrected chi connectivity index (χ4v) is 8.32. The van der Waals surface area contributed by atoms with Gasteiger partial charge in [-0.05, 0) is 46.0 Å². The van der Waals surface area contributed by atoms with Gasteiger partial charge in [0, 0.05) is 22.5 Å². The van der Waals surface area contributed by atoms with Crippen LogP contribution in [-0.2, 0) is 6.42 Å². The Kier molecular flexibility index (Phi) is 5.53. The van der Waals surface area contributed by atoms with Gasteiger partial charge in [0.2, 0.25) is 0 Å². The second kappa shape index (κ2) is 8.76. The summed E-state index contributed by atoms with van der Waals surface area (Å²) in [6.07, 6.45) is 2.92. The Morgan fingerprint density at radius 3 is 2.28 bits per heavy atom. The average Bonchev–Trinajstić information content (AvgIpc) is 3.28. The lowest BCUT2D eigenvalue weighted by Crippen LogP contribution is -2.53. The monoisotopic (exact) mass is 485 g/mol. The van der Waals surface area contributed by atoms with Gasteiger partial charge in [-0.15, -0.1) is 0 Å². The maximum atomic E-state index is 6.64. The Labute approximate surface area is 213 Å². The Morgan fingerprint density at radius 2 is 1.47 bits per heavy atom. The minimum Gasteiger partial charge on any atom is -0.453 e. The van der Waals surface area contributed by atoms with Crippen LogP contribution in [0.1, 0.15) is 19.4 Å². The zero-order valence-electron chi connectivity index (χ0n) is 21.4. The van der Waals surface area contributed by atoms with Crippen molar-refractivity contribution in [1.29, 1.82) is 0 Å². The van der Waals surface area contributed by atoms with Crippen LogP contribution in [0.4, 0.5) is 0 Å². The normalized spacial score (nSPS) is 12.2. The first-order valence-corrected chi connectivity index (χ1v) is 15.8. The highest BCUT2D eigenvalue weighted by atomic mass is 28.3. The smallest absolute Gasteiger partial charge is 0.161 e. The molecule has 0 unspecified atom stereocenters. The minimum absolute atomic E-state index is 0.564. The first kappa shape index (κ1) is 22.8. The predicted octanol–water partition coefficient (Wildman–Crippen LogP) is 7.82. The molecule has 0 aliphatic carbocycles. The molecule has 0 radical (unpaired) electrons. The molecule has 0 saturated carbocycles. The fraction of sp³-hybridized carbons (Fsp3) is 0.182. The Morgan fingerprint density at radius 1 is 0.750 bits per heavy atom. The van der Waals surface area contributed by atoms with Crippen molar-refractivity contribution in [2.24, 2.45) is 5.92 Å². The zero-order valence-corrected chi connectivity index (χ0v) is 22.4. The van der Waals surface area contributed by atoms with Crippen LogP contribution in [0, 0.1) is 5.92 Å². The number of para-hydroxylation sites is 1. The van der Waals surface area contributed by atoms with Gasteiger partial charge in [-0.3, -0.25) is 4.98 Å². The first-order chi connectivity index (χ1) is 17.4. The number of furan rings is 1. The molecule has 0 saturated heterocycles. The van der Waals surface area contributed by atoms with Crippen LogP contribution < -0.4 is 10.4 Å². The molecular formula is C33H31NOSi. The van der Waals surface area contributed by atoms with Crippen molar-refractivity contribution in [3.05, 3.63) is 103 Å². The first-order valence-electron chi connectivity index (χ1n) is 12.8. The van der Waals surface area contributed by atoms with E-state index in [2.05, 4.69) is 118 Å². The van der Waals surface area contributed by atoms with E-state index in [4.69, 9.17) is 9.40 Å². The minimum atomic E-state index is -1.97. The number of aromatic nitrogens is 1. The highest BCUT2D eigenvalue weighted by Gasteiger charge is 2.29. The molecule has 178 valence electrons. The number of rotatable bonds is 5. The van der Waals surface area contributed by atoms with Gasteiger partial charge in [-0.25, -0.2) is 0 Å². The number of hydrogen-bond acceptors (Lipinski definition) is 2. The van der Waals surface area contributed by atoms with E-state index in [1.165, 1.54) is 32.1 Å². The lowest BCUT2D eigenvalue weighted by molar-refractivity contribution is 0.623. The summed E-state index contributed by atoms with van der Waals surface area (Å²) >= 11 is 0. The molecule has 36 heavy (non-hydrogen) atoms. The molecular weight excluding hydrogens is 454 g/mol. The van der Waals surface area contributed by atoms with Crippen LogP contribution in [0.3, 0.4) is 0 Å². The molecule has 2 heterocycles. The number of nitrogens with zero attached hydrogens (tertiary/aromatic N) is 1. The summed E-state index contributed by atoms with van der Waals surface area (Å²) in [6.45, 7) is 9.40. The summed E-state index contributed by atoms with van der Waals surface area (Å²) in [4.78, 5) is 4.89. The Bertz CT molecular complexity index is 1710. The van der Waals surface area contributed by atoms with E-state index in [0.717, 1.165) is 34.2 Å². The van der Waals surface area contributed by atoms with E-state index < -0.39 is 8.07 Å². The van der Waals surface area contributed by atoms with Gasteiger partial charge in [0.05, 0.1) is 0 Å². The van der Waals surface area contributed by atoms with Gasteiger partial charge >= 0.3 is 0 Å². The van der Waals surface area contributed by atoms with Crippen LogP contribution in [0.2, 0.25) is 13.1 Å². The van der Waals surface area contributed by atoms with E-state index >= 15 is 0 Å². The molecule has 6 rings (SSSR count). The molecule has 0 fully saturated rings. The van der Waals surface area contributed by atoms with Crippen molar-refractivity contribution in [1.82, 2.24) is 4.98 Å². The average molecular weight is 486 g/mol. The highest BCUT2D eigenvalue weighted by molar-refractivity contribution is 7.01. The molecule has 6 aromatic rings. The quantitative estimate of drug-likeness (QED) is 0.233. The zero-order chi connectivity index (χ0) is 24.9. The van der Waals surface area contributed by atoms with Crippen molar-refractivity contribution in [2.45, 2.75) is 33.4 Å². The highest BCUT2D eigenvalue weighted by Crippen LogP contribution is 2.37. The van der Waals surface area contributed by atoms with Gasteiger partial charge < -0.3 is 4.42 Å². The van der Waals surface area contributed by atoms with Gasteiger partial charge in [-0.1, -0.05) is 111 Å². The van der Waals surface area contributed by atoms with E-state index in [-0.39, 0.29) is 0 Å². The van der Waals surface area contributed by atoms with Crippen molar-refractivity contribution in [3.63, 3.8) is 0 Å². The fourth-order valence-electron chi connectivity index (χ4n) is 5.56. The number of benzene rings is 4. The topological polar surface area (TPSA) is 26.0 Å². The van der Waals surface area contributed by atoms with Gasteiger partial charge in [-0.2, -0.15) is 0 Å². The lowest BCUT2D eigenvalue weighted by Gasteiger charge is -2.26. The summed E-state index contributed by atoms with van der Waals surface area (Å²) in [5.41, 5.74) is 5.18. The summed E-state index contributed by atoms with van der Waals surface area (Å²) < 4.78 is 6.64. The Hall–Kier alpha value is -3.69. The summed E-state index contributed by atoms with van der Waals surface area (Å²) in [6, 6.07) is 33.0. The molecule has 0 spiro atoms. The summed E-state index contributed by atoms with van der Waals surface area (Å²) in [5, 5.41) is 7.74. The molecule has 0 N–H and O–H groups in total. The van der Waals surface area contributed by atoms with Crippen LogP contribution >= 0.6 is 0 Å². The van der Waals surface area contributed by atoms with E-state index in [0.29, 0.717) is 5.92 Å². The van der Waals surface area contributed by atoms with Crippen LogP contribution in [0.15, 0.2) is 102 Å². The molecule has 4 aromatic carbocycles. The van der Waals surface area contributed by atoms with E-state index in [9.17, 15) is 0 Å². The third kappa shape index (κ3) is 3.75. The SMILES string of the molecule is CC(C)Cc1cccc2c1oc1c(-c3cc([Si](C)(C)c4ccccc4)c4ccccc4c3)nccc12. The standard InChI is InChI=1S/C33H31NOSi/c1-22(2)19-24-12-10-16-28-29-17-18-34-31(33(29)35-32(24)28)25-20-23-11-8-9-15-27(23)30(21-25)36(3,4)26-13-6-5-7-14-26/h5-18,20-22H,19H2,1-4H3. The molecule has 2 nitrogen and oxygen atoms in total. The molecule has 0 aliphatic heterocycles. The summed E-state index contributed by atoms with van der Waals surface area (Å²) in [5.74, 6) is 0.564. The van der Waals surface area contributed by atoms with Gasteiger partial charge in [0.1, 0.15) is 19.4 Å². The maximum absolute atomic E-state index is 6.64. The molecule has 0 aliphatic rings. The third-order valence-corrected chi connectivity index (χ3v) is 11.0. The lowest BCUT2D eigenvalue weighted by atomic mass is 10.00. The molecule has 3 heteroatoms. The van der Waals surface area contributed by atoms with Gasteiger partial charge in [0.25, 0.3) is 0 Å². The van der Waals surface area contributed by atoms with Crippen molar-refractivity contribution in [2.75, 3.05) is 0 Å². The van der Waals surface area contributed by atoms with Crippen LogP contribution in [0.5, 0.6) is 0 Å². The second-order valence-electron chi connectivity index (χ2n) is 10.8. The number of pyridine rings is 1. The molecule has 0 atom stereocenters. The molecule has 0 bridgehead atoms. The van der Waals surface area contributed by atoms with Crippen LogP contribution in [-0.4, -0.2) is 13.1 Å². The molecule has 2 aromatic heterocycles. The second-order valence-corrected chi connectivity index (χ2v) is 15.1. The van der Waals surface area contributed by atoms with E-state index in [1.54, 1.807) is 0 Å². The Balaban J connectivity index is 1.62. The number of fused-ring (bicyclic) bond motifs is 4. The predicted molar refractivity (Wildman–Crippen MR) is 156 cm³/mol. The maximum Gasteiger partial charge on any atom is 0.161 e. The molecule has 0 amide bonds. The number of hydrogen-bond donors (Lipinski definition) is 0. The van der Waals surface area contributed by atoms with Gasteiger partial charge in [0.15, 0.2) is 5.58 Å². The van der Waals surface area contributed by atoms with E-state index in [1.807, 2.05) is 6.20 Å². The van der Waals surface area contributed by atoms with Crippen molar-refractivity contribution < 1.29 is 4.42 Å². The van der Waals surface area contributed by atoms with Crippen molar-refractivity contribution in [3.8, 4) is 11.3 Å². The van der Waals surface area contributed by atoms with Crippen LogP contribution in [0.25, 0.3) is 44.0 Å². The summed E-state index contributed by atoms with van der Waals surface area (Å²) in [7, 11) is -1.97. The third-order valence-electron chi connectivity index (χ3n) is 7.43.